The van der Waals surface area contributed by atoms with Crippen LogP contribution < -0.4 is 5.32 Å². The number of benzene rings is 1. The van der Waals surface area contributed by atoms with Gasteiger partial charge in [-0.2, -0.15) is 13.2 Å². The van der Waals surface area contributed by atoms with E-state index in [4.69, 9.17) is 5.11 Å². The third-order valence-electron chi connectivity index (χ3n) is 2.02. The van der Waals surface area contributed by atoms with Crippen LogP contribution in [0.15, 0.2) is 30.3 Å². The SMILES string of the molecule is O=C(O)C=Cc1cccc(C(=O)NCC(F)(F)F)c1. The molecule has 19 heavy (non-hydrogen) atoms. The molecule has 0 fully saturated rings. The smallest absolute Gasteiger partial charge is 0.405 e. The number of amides is 1. The molecule has 0 saturated heterocycles. The summed E-state index contributed by atoms with van der Waals surface area (Å²) < 4.78 is 35.8. The Hall–Kier alpha value is -2.31. The lowest BCUT2D eigenvalue weighted by atomic mass is 10.1. The number of carbonyl (C=O) groups is 2. The number of carbonyl (C=O) groups excluding carboxylic acids is 1. The van der Waals surface area contributed by atoms with Crippen molar-refractivity contribution in [1.82, 2.24) is 5.32 Å². The number of hydrogen-bond acceptors (Lipinski definition) is 2. The molecule has 0 bridgehead atoms. The highest BCUT2D eigenvalue weighted by Crippen LogP contribution is 2.13. The van der Waals surface area contributed by atoms with Crippen molar-refractivity contribution in [1.29, 1.82) is 0 Å². The topological polar surface area (TPSA) is 66.4 Å². The number of rotatable bonds is 4. The van der Waals surface area contributed by atoms with Crippen LogP contribution in [0.2, 0.25) is 0 Å². The fraction of sp³-hybridized carbons (Fsp3) is 0.167. The van der Waals surface area contributed by atoms with Crippen molar-refractivity contribution in [3.05, 3.63) is 41.5 Å². The summed E-state index contributed by atoms with van der Waals surface area (Å²) in [7, 11) is 0. The molecular weight excluding hydrogens is 263 g/mol. The number of halogens is 3. The predicted octanol–water partition coefficient (Wildman–Crippen LogP) is 2.08. The third kappa shape index (κ3) is 5.71. The zero-order chi connectivity index (χ0) is 14.5. The van der Waals surface area contributed by atoms with E-state index in [1.165, 1.54) is 30.3 Å². The minimum Gasteiger partial charge on any atom is -0.478 e. The van der Waals surface area contributed by atoms with Crippen molar-refractivity contribution in [2.75, 3.05) is 6.54 Å². The van der Waals surface area contributed by atoms with E-state index >= 15 is 0 Å². The summed E-state index contributed by atoms with van der Waals surface area (Å²) in [5.41, 5.74) is 0.429. The van der Waals surface area contributed by atoms with Crippen LogP contribution in [0.1, 0.15) is 15.9 Å². The first-order chi connectivity index (χ1) is 8.78. The van der Waals surface area contributed by atoms with Crippen LogP contribution in [-0.2, 0) is 4.79 Å². The lowest BCUT2D eigenvalue weighted by Gasteiger charge is -2.08. The van der Waals surface area contributed by atoms with Crippen molar-refractivity contribution in [3.8, 4) is 0 Å². The third-order valence-corrected chi connectivity index (χ3v) is 2.02. The Morgan fingerprint density at radius 1 is 1.32 bits per heavy atom. The second-order valence-electron chi connectivity index (χ2n) is 3.59. The molecule has 0 spiro atoms. The molecular formula is C12H10F3NO3. The molecule has 0 aliphatic heterocycles. The van der Waals surface area contributed by atoms with Gasteiger partial charge in [-0.25, -0.2) is 4.79 Å². The summed E-state index contributed by atoms with van der Waals surface area (Å²) in [5, 5.41) is 10.2. The molecule has 4 nitrogen and oxygen atoms in total. The highest BCUT2D eigenvalue weighted by atomic mass is 19.4. The van der Waals surface area contributed by atoms with Crippen LogP contribution in [0.3, 0.4) is 0 Å². The van der Waals surface area contributed by atoms with Gasteiger partial charge < -0.3 is 10.4 Å². The first kappa shape index (κ1) is 14.7. The summed E-state index contributed by atoms with van der Waals surface area (Å²) in [4.78, 5) is 21.7. The van der Waals surface area contributed by atoms with E-state index in [1.807, 2.05) is 0 Å². The Balaban J connectivity index is 2.76. The minimum absolute atomic E-state index is 0.0248. The van der Waals surface area contributed by atoms with Crippen LogP contribution in [0.25, 0.3) is 6.08 Å². The molecule has 2 N–H and O–H groups in total. The Bertz CT molecular complexity index is 509. The summed E-state index contributed by atoms with van der Waals surface area (Å²) in [6.45, 7) is -1.42. The molecule has 0 aliphatic rings. The zero-order valence-electron chi connectivity index (χ0n) is 9.57. The average molecular weight is 273 g/mol. The van der Waals surface area contributed by atoms with Gasteiger partial charge in [0.1, 0.15) is 6.54 Å². The van der Waals surface area contributed by atoms with Crippen LogP contribution in [0, 0.1) is 0 Å². The van der Waals surface area contributed by atoms with E-state index in [9.17, 15) is 22.8 Å². The quantitative estimate of drug-likeness (QED) is 0.825. The number of alkyl halides is 3. The van der Waals surface area contributed by atoms with E-state index in [0.717, 1.165) is 6.08 Å². The Kier molecular flexibility index (Phi) is 4.68. The van der Waals surface area contributed by atoms with E-state index in [-0.39, 0.29) is 5.56 Å². The van der Waals surface area contributed by atoms with Crippen molar-refractivity contribution in [2.24, 2.45) is 0 Å². The lowest BCUT2D eigenvalue weighted by Crippen LogP contribution is -2.33. The summed E-state index contributed by atoms with van der Waals surface area (Å²) in [6, 6.07) is 5.61. The van der Waals surface area contributed by atoms with Crippen LogP contribution in [-0.4, -0.2) is 29.7 Å². The summed E-state index contributed by atoms with van der Waals surface area (Å²) >= 11 is 0. The van der Waals surface area contributed by atoms with Crippen molar-refractivity contribution in [3.63, 3.8) is 0 Å². The van der Waals surface area contributed by atoms with Gasteiger partial charge in [0.05, 0.1) is 0 Å². The molecule has 1 amide bonds. The Morgan fingerprint density at radius 3 is 2.58 bits per heavy atom. The molecule has 0 aromatic heterocycles. The van der Waals surface area contributed by atoms with Crippen LogP contribution in [0.4, 0.5) is 13.2 Å². The van der Waals surface area contributed by atoms with Gasteiger partial charge in [0, 0.05) is 11.6 Å². The Morgan fingerprint density at radius 2 is 2.00 bits per heavy atom. The van der Waals surface area contributed by atoms with Crippen molar-refractivity contribution >= 4 is 18.0 Å². The monoisotopic (exact) mass is 273 g/mol. The molecule has 0 heterocycles. The molecule has 0 unspecified atom stereocenters. The number of aliphatic carboxylic acids is 1. The van der Waals surface area contributed by atoms with Crippen molar-refractivity contribution < 1.29 is 27.9 Å². The molecule has 0 radical (unpaired) electrons. The molecule has 1 rings (SSSR count). The molecule has 7 heteroatoms. The van der Waals surface area contributed by atoms with Crippen molar-refractivity contribution in [2.45, 2.75) is 6.18 Å². The van der Waals surface area contributed by atoms with Gasteiger partial charge in [0.15, 0.2) is 0 Å². The second kappa shape index (κ2) is 6.03. The predicted molar refractivity (Wildman–Crippen MR) is 61.5 cm³/mol. The van der Waals surface area contributed by atoms with Gasteiger partial charge in [-0.3, -0.25) is 4.79 Å². The number of carboxylic acid groups (broad SMARTS) is 1. The first-order valence-corrected chi connectivity index (χ1v) is 5.14. The number of carboxylic acids is 1. The normalized spacial score (nSPS) is 11.5. The van der Waals surface area contributed by atoms with E-state index in [0.29, 0.717) is 5.56 Å². The van der Waals surface area contributed by atoms with Crippen LogP contribution in [0.5, 0.6) is 0 Å². The van der Waals surface area contributed by atoms with Gasteiger partial charge in [-0.05, 0) is 23.8 Å². The fourth-order valence-corrected chi connectivity index (χ4v) is 1.23. The van der Waals surface area contributed by atoms with E-state index < -0.39 is 24.6 Å². The van der Waals surface area contributed by atoms with E-state index in [2.05, 4.69) is 0 Å². The summed E-state index contributed by atoms with van der Waals surface area (Å²) in [5.74, 6) is -2.03. The van der Waals surface area contributed by atoms with Gasteiger partial charge in [-0.15, -0.1) is 0 Å². The molecule has 1 aromatic carbocycles. The maximum absolute atomic E-state index is 11.9. The molecule has 102 valence electrons. The Labute approximate surface area is 106 Å². The average Bonchev–Trinajstić information content (AvgIpc) is 2.33. The standard InChI is InChI=1S/C12H10F3NO3/c13-12(14,15)7-16-11(19)9-3-1-2-8(6-9)4-5-10(17)18/h1-6H,7H2,(H,16,19)(H,17,18). The minimum atomic E-state index is -4.48. The summed E-state index contributed by atoms with van der Waals surface area (Å²) in [6.07, 6.45) is -2.37. The molecule has 1 aromatic rings. The maximum Gasteiger partial charge on any atom is 0.405 e. The molecule has 0 atom stereocenters. The van der Waals surface area contributed by atoms with Gasteiger partial charge in [-0.1, -0.05) is 12.1 Å². The first-order valence-electron chi connectivity index (χ1n) is 5.14. The molecule has 0 aliphatic carbocycles. The lowest BCUT2D eigenvalue weighted by molar-refractivity contribution is -0.131. The van der Waals surface area contributed by atoms with Gasteiger partial charge in [0.25, 0.3) is 5.91 Å². The van der Waals surface area contributed by atoms with Gasteiger partial charge in [0.2, 0.25) is 0 Å². The number of hydrogen-bond donors (Lipinski definition) is 2. The molecule has 0 saturated carbocycles. The van der Waals surface area contributed by atoms with Crippen LogP contribution >= 0.6 is 0 Å². The zero-order valence-corrected chi connectivity index (χ0v) is 9.57. The highest BCUT2D eigenvalue weighted by Gasteiger charge is 2.27. The number of nitrogens with one attached hydrogen (secondary N) is 1. The highest BCUT2D eigenvalue weighted by molar-refractivity contribution is 5.95. The fourth-order valence-electron chi connectivity index (χ4n) is 1.23. The second-order valence-corrected chi connectivity index (χ2v) is 3.59. The van der Waals surface area contributed by atoms with Gasteiger partial charge >= 0.3 is 12.1 Å². The maximum atomic E-state index is 11.9. The van der Waals surface area contributed by atoms with E-state index in [1.54, 1.807) is 5.32 Å². The largest absolute Gasteiger partial charge is 0.478 e.